The maximum Gasteiger partial charge on any atom is 0.320 e. The van der Waals surface area contributed by atoms with E-state index >= 15 is 0 Å². The highest BCUT2D eigenvalue weighted by Crippen LogP contribution is 2.38. The van der Waals surface area contributed by atoms with E-state index in [1.54, 1.807) is 36.4 Å². The molecule has 46 heavy (non-hydrogen) atoms. The van der Waals surface area contributed by atoms with E-state index in [1.165, 1.54) is 6.07 Å². The number of amides is 2. The number of hydrogen-bond donors (Lipinski definition) is 3. The van der Waals surface area contributed by atoms with Crippen molar-refractivity contribution in [3.63, 3.8) is 0 Å². The normalized spacial score (nSPS) is 21.2. The minimum absolute atomic E-state index is 0.199. The fraction of sp³-hybridized carbons (Fsp3) is 0.333. The third-order valence-corrected chi connectivity index (χ3v) is 8.97. The molecule has 2 aromatic carbocycles. The Morgan fingerprint density at radius 3 is 2.52 bits per heavy atom. The molecule has 3 atom stereocenters. The average Bonchev–Trinajstić information content (AvgIpc) is 3.38. The summed E-state index contributed by atoms with van der Waals surface area (Å²) in [5.74, 6) is 1.46. The lowest BCUT2D eigenvalue weighted by atomic mass is 9.81. The van der Waals surface area contributed by atoms with Gasteiger partial charge in [-0.25, -0.2) is 13.2 Å². The first kappa shape index (κ1) is 31.2. The Morgan fingerprint density at radius 2 is 1.85 bits per heavy atom. The topological polar surface area (TPSA) is 147 Å². The van der Waals surface area contributed by atoms with Crippen LogP contribution < -0.4 is 20.1 Å². The SMILES string of the molecule is CN1CC[C@H]1c1nnc2ccc(O[C@@H]3C=C[C@](C=O)(NC(=O)Nc4cc(NS(C)(=O)=O)cc(C(C)(C)C)c4)c4ccccc43)cn12. The highest BCUT2D eigenvalue weighted by molar-refractivity contribution is 7.92. The molecule has 0 saturated carbocycles. The molecule has 1 aliphatic carbocycles. The summed E-state index contributed by atoms with van der Waals surface area (Å²) in [5, 5.41) is 14.3. The molecule has 0 radical (unpaired) electrons. The largest absolute Gasteiger partial charge is 0.480 e. The van der Waals surface area contributed by atoms with Crippen molar-refractivity contribution in [2.75, 3.05) is 29.9 Å². The lowest BCUT2D eigenvalue weighted by molar-refractivity contribution is -0.111. The van der Waals surface area contributed by atoms with Gasteiger partial charge in [0.1, 0.15) is 17.4 Å². The van der Waals surface area contributed by atoms with Gasteiger partial charge in [-0.2, -0.15) is 0 Å². The van der Waals surface area contributed by atoms with Gasteiger partial charge in [0.2, 0.25) is 10.0 Å². The minimum Gasteiger partial charge on any atom is -0.480 e. The van der Waals surface area contributed by atoms with Crippen LogP contribution in [0.25, 0.3) is 5.65 Å². The predicted octanol–water partition coefficient (Wildman–Crippen LogP) is 4.68. The van der Waals surface area contributed by atoms with E-state index in [1.807, 2.05) is 55.6 Å². The van der Waals surface area contributed by atoms with Gasteiger partial charge in [0, 0.05) is 17.8 Å². The van der Waals surface area contributed by atoms with Gasteiger partial charge in [-0.1, -0.05) is 45.0 Å². The Bertz CT molecular complexity index is 1970. The van der Waals surface area contributed by atoms with E-state index in [2.05, 4.69) is 37.5 Å². The molecule has 2 aromatic heterocycles. The summed E-state index contributed by atoms with van der Waals surface area (Å²) in [4.78, 5) is 28.4. The number of pyridine rings is 1. The molecule has 2 amide bonds. The number of carbonyl (C=O) groups is 2. The van der Waals surface area contributed by atoms with Crippen LogP contribution in [0.2, 0.25) is 0 Å². The molecule has 0 unspecified atom stereocenters. The maximum absolute atomic E-state index is 13.4. The Labute approximate surface area is 267 Å². The molecule has 6 rings (SSSR count). The molecule has 1 fully saturated rings. The second-order valence-electron chi connectivity index (χ2n) is 12.9. The lowest BCUT2D eigenvalue weighted by Crippen LogP contribution is -2.49. The maximum atomic E-state index is 13.4. The number of nitrogens with one attached hydrogen (secondary N) is 3. The van der Waals surface area contributed by atoms with Crippen molar-refractivity contribution in [3.8, 4) is 5.75 Å². The van der Waals surface area contributed by atoms with Crippen LogP contribution >= 0.6 is 0 Å². The number of benzene rings is 2. The highest BCUT2D eigenvalue weighted by Gasteiger charge is 2.38. The lowest BCUT2D eigenvalue weighted by Gasteiger charge is -2.36. The molecular formula is C33H37N7O5S. The number of fused-ring (bicyclic) bond motifs is 2. The summed E-state index contributed by atoms with van der Waals surface area (Å²) >= 11 is 0. The van der Waals surface area contributed by atoms with Gasteiger partial charge in [0.15, 0.2) is 17.8 Å². The molecule has 13 heteroatoms. The van der Waals surface area contributed by atoms with Gasteiger partial charge in [-0.3, -0.25) is 18.8 Å². The number of aldehydes is 1. The Hall–Kier alpha value is -4.75. The number of hydrogen-bond acceptors (Lipinski definition) is 8. The summed E-state index contributed by atoms with van der Waals surface area (Å²) < 4.78 is 34.7. The molecule has 0 bridgehead atoms. The molecule has 0 spiro atoms. The minimum atomic E-state index is -3.55. The molecule has 1 aliphatic heterocycles. The van der Waals surface area contributed by atoms with Gasteiger partial charge >= 0.3 is 6.03 Å². The number of sulfonamides is 1. The zero-order valence-corrected chi connectivity index (χ0v) is 27.1. The van der Waals surface area contributed by atoms with Crippen LogP contribution in [0, 0.1) is 0 Å². The monoisotopic (exact) mass is 643 g/mol. The van der Waals surface area contributed by atoms with Gasteiger partial charge in [0.25, 0.3) is 0 Å². The summed E-state index contributed by atoms with van der Waals surface area (Å²) in [6.07, 6.45) is 7.47. The van der Waals surface area contributed by atoms with Crippen LogP contribution in [0.4, 0.5) is 16.2 Å². The second-order valence-corrected chi connectivity index (χ2v) is 14.7. The van der Waals surface area contributed by atoms with Crippen molar-refractivity contribution in [2.24, 2.45) is 0 Å². The first-order valence-corrected chi connectivity index (χ1v) is 16.8. The van der Waals surface area contributed by atoms with E-state index in [4.69, 9.17) is 4.74 Å². The zero-order chi connectivity index (χ0) is 32.9. The van der Waals surface area contributed by atoms with Crippen LogP contribution in [0.5, 0.6) is 5.75 Å². The van der Waals surface area contributed by atoms with Crippen LogP contribution in [-0.2, 0) is 25.8 Å². The molecule has 3 heterocycles. The van der Waals surface area contributed by atoms with E-state index in [0.29, 0.717) is 29.0 Å². The molecular weight excluding hydrogens is 606 g/mol. The number of nitrogens with zero attached hydrogens (tertiary/aromatic N) is 4. The fourth-order valence-electron chi connectivity index (χ4n) is 5.83. The second kappa shape index (κ2) is 11.6. The zero-order valence-electron chi connectivity index (χ0n) is 26.3. The van der Waals surface area contributed by atoms with Crippen molar-refractivity contribution < 1.29 is 22.7 Å². The molecule has 1 saturated heterocycles. The smallest absolute Gasteiger partial charge is 0.320 e. The fourth-order valence-corrected chi connectivity index (χ4v) is 6.38. The van der Waals surface area contributed by atoms with Crippen LogP contribution in [0.1, 0.15) is 61.9 Å². The van der Waals surface area contributed by atoms with Crippen molar-refractivity contribution in [1.82, 2.24) is 24.8 Å². The molecule has 240 valence electrons. The molecule has 12 nitrogen and oxygen atoms in total. The third kappa shape index (κ3) is 6.20. The first-order chi connectivity index (χ1) is 21.7. The Morgan fingerprint density at radius 1 is 1.09 bits per heavy atom. The van der Waals surface area contributed by atoms with Crippen LogP contribution in [0.15, 0.2) is 72.9 Å². The average molecular weight is 644 g/mol. The summed E-state index contributed by atoms with van der Waals surface area (Å²) in [5.41, 5.74) is 1.69. The van der Waals surface area contributed by atoms with Crippen LogP contribution in [-0.4, -0.2) is 60.1 Å². The van der Waals surface area contributed by atoms with Gasteiger partial charge < -0.3 is 15.4 Å². The number of urea groups is 1. The van der Waals surface area contributed by atoms with Gasteiger partial charge in [-0.15, -0.1) is 10.2 Å². The van der Waals surface area contributed by atoms with Gasteiger partial charge in [0.05, 0.1) is 24.2 Å². The third-order valence-electron chi connectivity index (χ3n) is 8.36. The van der Waals surface area contributed by atoms with Crippen molar-refractivity contribution in [3.05, 3.63) is 95.5 Å². The standard InChI is InChI=1S/C33H37N7O5S/c1-32(2,3)21-16-22(18-23(17-21)38-46(5,43)44)34-31(42)35-33(20-41)14-12-28(25-8-6-7-9-26(25)33)45-24-10-11-29-36-37-30(40(29)19-24)27-13-15-39(27)4/h6-12,14,16-20,27-28,38H,13,15H2,1-5H3,(H2,34,35,42)/t27-,28+,33+/m0/s1. The van der Waals surface area contributed by atoms with Crippen molar-refractivity contribution in [2.45, 2.75) is 50.3 Å². The highest BCUT2D eigenvalue weighted by atomic mass is 32.2. The Balaban J connectivity index is 1.25. The quantitative estimate of drug-likeness (QED) is 0.185. The number of carbonyl (C=O) groups excluding carboxylic acids is 2. The molecule has 2 aliphatic rings. The molecule has 3 N–H and O–H groups in total. The van der Waals surface area contributed by atoms with E-state index < -0.39 is 27.7 Å². The van der Waals surface area contributed by atoms with E-state index in [-0.39, 0.29) is 11.5 Å². The first-order valence-electron chi connectivity index (χ1n) is 14.9. The summed E-state index contributed by atoms with van der Waals surface area (Å²) in [6, 6.07) is 15.6. The number of ether oxygens (including phenoxy) is 1. The Kier molecular flexibility index (Phi) is 7.85. The predicted molar refractivity (Wildman–Crippen MR) is 175 cm³/mol. The van der Waals surface area contributed by atoms with Crippen LogP contribution in [0.3, 0.4) is 0 Å². The van der Waals surface area contributed by atoms with Crippen molar-refractivity contribution >= 4 is 39.4 Å². The number of anilines is 2. The van der Waals surface area contributed by atoms with E-state index in [0.717, 1.165) is 41.8 Å². The molecule has 4 aromatic rings. The van der Waals surface area contributed by atoms with Gasteiger partial charge in [-0.05, 0) is 72.5 Å². The van der Waals surface area contributed by atoms with E-state index in [9.17, 15) is 18.0 Å². The summed E-state index contributed by atoms with van der Waals surface area (Å²) in [6.45, 7) is 6.96. The number of aromatic nitrogens is 3. The number of likely N-dealkylation sites (tertiary alicyclic amines) is 1. The van der Waals surface area contributed by atoms with Crippen molar-refractivity contribution in [1.29, 1.82) is 0 Å². The number of rotatable bonds is 8. The summed E-state index contributed by atoms with van der Waals surface area (Å²) in [7, 11) is -1.49.